The van der Waals surface area contributed by atoms with E-state index in [1.807, 2.05) is 0 Å². The standard InChI is InChI=1S/C10H15BrO/c11-9-8-2-6-1-7(3-8)5-10(9,12)4-6/h6-9,12H,1-5H2. The second kappa shape index (κ2) is 2.27. The molecule has 0 aromatic heterocycles. The predicted octanol–water partition coefficient (Wildman–Crippen LogP) is 2.32. The first-order valence-electron chi connectivity index (χ1n) is 5.04. The molecular formula is C10H15BrO. The van der Waals surface area contributed by atoms with E-state index in [0.717, 1.165) is 30.6 Å². The van der Waals surface area contributed by atoms with Crippen LogP contribution in [-0.2, 0) is 0 Å². The average molecular weight is 231 g/mol. The molecule has 0 aromatic rings. The molecular weight excluding hydrogens is 216 g/mol. The molecule has 4 aliphatic carbocycles. The number of rotatable bonds is 0. The molecule has 3 unspecified atom stereocenters. The summed E-state index contributed by atoms with van der Waals surface area (Å²) in [5, 5.41) is 10.3. The first-order chi connectivity index (χ1) is 5.67. The Morgan fingerprint density at radius 1 is 1.08 bits per heavy atom. The van der Waals surface area contributed by atoms with E-state index in [-0.39, 0.29) is 5.60 Å². The maximum Gasteiger partial charge on any atom is 0.0780 e. The summed E-state index contributed by atoms with van der Waals surface area (Å²) in [6.45, 7) is 0. The summed E-state index contributed by atoms with van der Waals surface area (Å²) < 4.78 is 0. The normalized spacial score (nSPS) is 62.5. The van der Waals surface area contributed by atoms with Gasteiger partial charge in [-0.1, -0.05) is 15.9 Å². The zero-order chi connectivity index (χ0) is 8.34. The van der Waals surface area contributed by atoms with Gasteiger partial charge >= 0.3 is 0 Å². The molecule has 0 spiro atoms. The summed E-state index contributed by atoms with van der Waals surface area (Å²) in [6.07, 6.45) is 6.27. The van der Waals surface area contributed by atoms with Gasteiger partial charge in [0.1, 0.15) is 0 Å². The molecule has 0 aromatic carbocycles. The fraction of sp³-hybridized carbons (Fsp3) is 1.00. The van der Waals surface area contributed by atoms with Gasteiger partial charge in [0.15, 0.2) is 0 Å². The van der Waals surface area contributed by atoms with Crippen LogP contribution in [0.3, 0.4) is 0 Å². The summed E-state index contributed by atoms with van der Waals surface area (Å²) >= 11 is 3.69. The van der Waals surface area contributed by atoms with Crippen molar-refractivity contribution in [1.29, 1.82) is 0 Å². The fourth-order valence-corrected chi connectivity index (χ4v) is 4.74. The van der Waals surface area contributed by atoms with E-state index in [2.05, 4.69) is 15.9 Å². The minimum Gasteiger partial charge on any atom is -0.389 e. The van der Waals surface area contributed by atoms with Crippen LogP contribution in [0.5, 0.6) is 0 Å². The number of aliphatic hydroxyl groups is 1. The van der Waals surface area contributed by atoms with E-state index < -0.39 is 0 Å². The van der Waals surface area contributed by atoms with Gasteiger partial charge in [-0.05, 0) is 49.9 Å². The third-order valence-corrected chi connectivity index (χ3v) is 5.75. The van der Waals surface area contributed by atoms with Crippen LogP contribution in [0.25, 0.3) is 0 Å². The molecule has 0 saturated heterocycles. The Hall–Kier alpha value is 0.440. The molecule has 0 aliphatic heterocycles. The Labute approximate surface area is 81.7 Å². The topological polar surface area (TPSA) is 20.2 Å². The van der Waals surface area contributed by atoms with Crippen LogP contribution >= 0.6 is 15.9 Å². The highest BCUT2D eigenvalue weighted by Crippen LogP contribution is 2.57. The van der Waals surface area contributed by atoms with Gasteiger partial charge in [0.05, 0.1) is 5.60 Å². The van der Waals surface area contributed by atoms with Crippen molar-refractivity contribution in [1.82, 2.24) is 0 Å². The maximum atomic E-state index is 10.3. The summed E-state index contributed by atoms with van der Waals surface area (Å²) in [5.74, 6) is 2.48. The monoisotopic (exact) mass is 230 g/mol. The molecule has 3 atom stereocenters. The molecule has 4 saturated carbocycles. The zero-order valence-corrected chi connectivity index (χ0v) is 8.76. The van der Waals surface area contributed by atoms with E-state index in [1.54, 1.807) is 0 Å². The number of halogens is 1. The van der Waals surface area contributed by atoms with Crippen molar-refractivity contribution >= 4 is 15.9 Å². The molecule has 4 rings (SSSR count). The van der Waals surface area contributed by atoms with Crippen molar-refractivity contribution in [3.05, 3.63) is 0 Å². The van der Waals surface area contributed by atoms with Gasteiger partial charge in [0.2, 0.25) is 0 Å². The van der Waals surface area contributed by atoms with Crippen LogP contribution in [0, 0.1) is 17.8 Å². The second-order valence-electron chi connectivity index (χ2n) is 5.11. The van der Waals surface area contributed by atoms with Crippen LogP contribution < -0.4 is 0 Å². The molecule has 4 fully saturated rings. The Morgan fingerprint density at radius 3 is 2.17 bits per heavy atom. The highest BCUT2D eigenvalue weighted by molar-refractivity contribution is 9.09. The Balaban J connectivity index is 1.97. The Bertz CT molecular complexity index is 202. The van der Waals surface area contributed by atoms with Gasteiger partial charge in [-0.15, -0.1) is 0 Å². The molecule has 1 N–H and O–H groups in total. The van der Waals surface area contributed by atoms with Crippen LogP contribution in [0.4, 0.5) is 0 Å². The number of hydrogen-bond acceptors (Lipinski definition) is 1. The van der Waals surface area contributed by atoms with Crippen LogP contribution in [0.15, 0.2) is 0 Å². The average Bonchev–Trinajstić information content (AvgIpc) is 1.98. The highest BCUT2D eigenvalue weighted by atomic mass is 79.9. The lowest BCUT2D eigenvalue weighted by Crippen LogP contribution is -2.57. The molecule has 0 amide bonds. The largest absolute Gasteiger partial charge is 0.389 e. The zero-order valence-electron chi connectivity index (χ0n) is 7.17. The first kappa shape index (κ1) is 7.81. The maximum absolute atomic E-state index is 10.3. The molecule has 4 bridgehead atoms. The quantitative estimate of drug-likeness (QED) is 0.634. The number of alkyl halides is 1. The van der Waals surface area contributed by atoms with Gasteiger partial charge in [-0.2, -0.15) is 0 Å². The lowest BCUT2D eigenvalue weighted by atomic mass is 9.54. The van der Waals surface area contributed by atoms with Crippen molar-refractivity contribution in [3.8, 4) is 0 Å². The summed E-state index contributed by atoms with van der Waals surface area (Å²) in [7, 11) is 0. The van der Waals surface area contributed by atoms with Crippen molar-refractivity contribution < 1.29 is 5.11 Å². The minimum absolute atomic E-state index is 0.325. The first-order valence-corrected chi connectivity index (χ1v) is 5.95. The van der Waals surface area contributed by atoms with E-state index in [1.165, 1.54) is 19.3 Å². The van der Waals surface area contributed by atoms with Crippen LogP contribution in [0.2, 0.25) is 0 Å². The molecule has 4 aliphatic rings. The fourth-order valence-electron chi connectivity index (χ4n) is 3.94. The third-order valence-electron chi connectivity index (χ3n) is 4.15. The van der Waals surface area contributed by atoms with E-state index in [9.17, 15) is 5.11 Å². The Morgan fingerprint density at radius 2 is 1.67 bits per heavy atom. The SMILES string of the molecule is OC12CC3CC(CC(C3)C1Br)C2. The van der Waals surface area contributed by atoms with Gasteiger partial charge in [-0.3, -0.25) is 0 Å². The van der Waals surface area contributed by atoms with Crippen LogP contribution in [-0.4, -0.2) is 15.5 Å². The smallest absolute Gasteiger partial charge is 0.0780 e. The predicted molar refractivity (Wildman–Crippen MR) is 51.2 cm³/mol. The lowest BCUT2D eigenvalue weighted by molar-refractivity contribution is -0.115. The molecule has 0 radical (unpaired) electrons. The molecule has 68 valence electrons. The van der Waals surface area contributed by atoms with E-state index in [0.29, 0.717) is 4.83 Å². The van der Waals surface area contributed by atoms with Gasteiger partial charge in [-0.25, -0.2) is 0 Å². The van der Waals surface area contributed by atoms with Crippen molar-refractivity contribution in [3.63, 3.8) is 0 Å². The van der Waals surface area contributed by atoms with E-state index in [4.69, 9.17) is 0 Å². The van der Waals surface area contributed by atoms with Gasteiger partial charge in [0.25, 0.3) is 0 Å². The van der Waals surface area contributed by atoms with E-state index >= 15 is 0 Å². The van der Waals surface area contributed by atoms with Crippen molar-refractivity contribution in [2.75, 3.05) is 0 Å². The molecule has 2 heteroatoms. The van der Waals surface area contributed by atoms with Crippen molar-refractivity contribution in [2.45, 2.75) is 42.5 Å². The Kier molecular flexibility index (Phi) is 1.48. The van der Waals surface area contributed by atoms with Gasteiger partial charge < -0.3 is 5.11 Å². The lowest BCUT2D eigenvalue weighted by Gasteiger charge is -2.57. The highest BCUT2D eigenvalue weighted by Gasteiger charge is 2.55. The number of hydrogen-bond donors (Lipinski definition) is 1. The van der Waals surface area contributed by atoms with Crippen molar-refractivity contribution in [2.24, 2.45) is 17.8 Å². The molecule has 1 nitrogen and oxygen atoms in total. The summed E-state index contributed by atoms with van der Waals surface area (Å²) in [5.41, 5.74) is -0.325. The third kappa shape index (κ3) is 0.884. The summed E-state index contributed by atoms with van der Waals surface area (Å²) in [6, 6.07) is 0. The second-order valence-corrected chi connectivity index (χ2v) is 6.10. The minimum atomic E-state index is -0.325. The van der Waals surface area contributed by atoms with Gasteiger partial charge in [0, 0.05) is 4.83 Å². The summed E-state index contributed by atoms with van der Waals surface area (Å²) in [4.78, 5) is 0.401. The molecule has 12 heavy (non-hydrogen) atoms. The molecule has 0 heterocycles. The van der Waals surface area contributed by atoms with Crippen LogP contribution in [0.1, 0.15) is 32.1 Å².